The number of rotatable bonds is 4. The lowest BCUT2D eigenvalue weighted by atomic mass is 10.1. The van der Waals surface area contributed by atoms with Crippen molar-refractivity contribution in [1.82, 2.24) is 0 Å². The standard InChI is InChI=1S/C15H14O2S/c16-14(12-7-3-1-4-8-12)11-15(17)18-13-9-5-2-6-10-13/h1-10,14,16H,11H2. The van der Waals surface area contributed by atoms with Gasteiger partial charge in [-0.1, -0.05) is 60.3 Å². The summed E-state index contributed by atoms with van der Waals surface area (Å²) >= 11 is 1.17. The summed E-state index contributed by atoms with van der Waals surface area (Å²) < 4.78 is 0. The van der Waals surface area contributed by atoms with Gasteiger partial charge in [0.05, 0.1) is 6.10 Å². The van der Waals surface area contributed by atoms with Crippen LogP contribution >= 0.6 is 11.8 Å². The number of aliphatic hydroxyl groups excluding tert-OH is 1. The summed E-state index contributed by atoms with van der Waals surface area (Å²) in [6, 6.07) is 18.7. The Morgan fingerprint density at radius 2 is 1.56 bits per heavy atom. The SMILES string of the molecule is O=C(CC(O)c1ccccc1)Sc1ccccc1. The maximum absolute atomic E-state index is 11.8. The molecule has 1 N–H and O–H groups in total. The quantitative estimate of drug-likeness (QED) is 0.854. The van der Waals surface area contributed by atoms with Crippen LogP contribution in [0, 0.1) is 0 Å². The second kappa shape index (κ2) is 6.38. The van der Waals surface area contributed by atoms with Gasteiger partial charge >= 0.3 is 0 Å². The predicted molar refractivity (Wildman–Crippen MR) is 73.3 cm³/mol. The van der Waals surface area contributed by atoms with Crippen molar-refractivity contribution in [1.29, 1.82) is 0 Å². The lowest BCUT2D eigenvalue weighted by Crippen LogP contribution is -2.03. The molecule has 2 aromatic rings. The maximum Gasteiger partial charge on any atom is 0.196 e. The molecule has 1 atom stereocenters. The van der Waals surface area contributed by atoms with E-state index in [-0.39, 0.29) is 11.5 Å². The van der Waals surface area contributed by atoms with E-state index in [0.29, 0.717) is 0 Å². The lowest BCUT2D eigenvalue weighted by molar-refractivity contribution is -0.112. The summed E-state index contributed by atoms with van der Waals surface area (Å²) in [5.41, 5.74) is 0.777. The zero-order chi connectivity index (χ0) is 12.8. The van der Waals surface area contributed by atoms with Gasteiger partial charge in [0.2, 0.25) is 0 Å². The predicted octanol–water partition coefficient (Wildman–Crippen LogP) is 3.43. The average molecular weight is 258 g/mol. The normalized spacial score (nSPS) is 12.1. The molecule has 2 nitrogen and oxygen atoms in total. The number of benzene rings is 2. The molecule has 0 aliphatic heterocycles. The highest BCUT2D eigenvalue weighted by molar-refractivity contribution is 8.13. The van der Waals surface area contributed by atoms with Gasteiger partial charge in [-0.3, -0.25) is 4.79 Å². The van der Waals surface area contributed by atoms with E-state index >= 15 is 0 Å². The molecule has 0 heterocycles. The van der Waals surface area contributed by atoms with Crippen LogP contribution in [0.5, 0.6) is 0 Å². The monoisotopic (exact) mass is 258 g/mol. The molecule has 2 rings (SSSR count). The van der Waals surface area contributed by atoms with Crippen LogP contribution < -0.4 is 0 Å². The molecule has 0 radical (unpaired) electrons. The minimum absolute atomic E-state index is 0.0300. The molecule has 3 heteroatoms. The van der Waals surface area contributed by atoms with E-state index in [1.54, 1.807) is 0 Å². The second-order valence-electron chi connectivity index (χ2n) is 3.92. The molecule has 18 heavy (non-hydrogen) atoms. The van der Waals surface area contributed by atoms with Crippen molar-refractivity contribution in [2.24, 2.45) is 0 Å². The van der Waals surface area contributed by atoms with Gasteiger partial charge in [-0.15, -0.1) is 0 Å². The topological polar surface area (TPSA) is 37.3 Å². The highest BCUT2D eigenvalue weighted by Gasteiger charge is 2.13. The van der Waals surface area contributed by atoms with Crippen LogP contribution in [-0.2, 0) is 4.79 Å². The van der Waals surface area contributed by atoms with Gasteiger partial charge in [-0.25, -0.2) is 0 Å². The van der Waals surface area contributed by atoms with E-state index in [1.807, 2.05) is 60.7 Å². The summed E-state index contributed by atoms with van der Waals surface area (Å²) in [6.07, 6.45) is -0.598. The summed E-state index contributed by atoms with van der Waals surface area (Å²) in [5, 5.41) is 9.90. The van der Waals surface area contributed by atoms with E-state index in [1.165, 1.54) is 11.8 Å². The van der Waals surface area contributed by atoms with E-state index in [2.05, 4.69) is 0 Å². The number of aliphatic hydroxyl groups is 1. The molecule has 0 spiro atoms. The summed E-state index contributed by atoms with van der Waals surface area (Å²) in [5.74, 6) is 0. The van der Waals surface area contributed by atoms with Crippen LogP contribution in [0.3, 0.4) is 0 Å². The Labute approximate surface area is 111 Å². The van der Waals surface area contributed by atoms with Gasteiger partial charge in [0.1, 0.15) is 0 Å². The minimum atomic E-state index is -0.727. The molecule has 0 aliphatic carbocycles. The van der Waals surface area contributed by atoms with Gasteiger partial charge < -0.3 is 5.11 Å². The maximum atomic E-state index is 11.8. The van der Waals surface area contributed by atoms with E-state index < -0.39 is 6.10 Å². The highest BCUT2D eigenvalue weighted by Crippen LogP contribution is 2.24. The zero-order valence-corrected chi connectivity index (χ0v) is 10.6. The molecule has 2 aromatic carbocycles. The molecule has 0 fully saturated rings. The van der Waals surface area contributed by atoms with Crippen LogP contribution in [0.1, 0.15) is 18.1 Å². The molecule has 0 saturated heterocycles. The Morgan fingerprint density at radius 1 is 1.00 bits per heavy atom. The fourth-order valence-electron chi connectivity index (χ4n) is 1.61. The number of hydrogen-bond donors (Lipinski definition) is 1. The molecule has 0 aromatic heterocycles. The average Bonchev–Trinajstić information content (AvgIpc) is 2.40. The third kappa shape index (κ3) is 3.72. The van der Waals surface area contributed by atoms with Gasteiger partial charge in [0, 0.05) is 11.3 Å². The molecule has 0 bridgehead atoms. The third-order valence-electron chi connectivity index (χ3n) is 2.52. The fraction of sp³-hybridized carbons (Fsp3) is 0.133. The highest BCUT2D eigenvalue weighted by atomic mass is 32.2. The first-order valence-corrected chi connectivity index (χ1v) is 6.56. The Bertz CT molecular complexity index is 496. The summed E-state index contributed by atoms with van der Waals surface area (Å²) in [6.45, 7) is 0. The smallest absolute Gasteiger partial charge is 0.196 e. The minimum Gasteiger partial charge on any atom is -0.388 e. The zero-order valence-electron chi connectivity index (χ0n) is 9.82. The van der Waals surface area contributed by atoms with E-state index in [0.717, 1.165) is 10.5 Å². The Balaban J connectivity index is 1.92. The molecule has 1 unspecified atom stereocenters. The van der Waals surface area contributed by atoms with Gasteiger partial charge in [-0.2, -0.15) is 0 Å². The Kier molecular flexibility index (Phi) is 4.56. The van der Waals surface area contributed by atoms with E-state index in [9.17, 15) is 9.90 Å². The summed E-state index contributed by atoms with van der Waals surface area (Å²) in [7, 11) is 0. The van der Waals surface area contributed by atoms with Gasteiger partial charge in [-0.05, 0) is 17.7 Å². The largest absolute Gasteiger partial charge is 0.388 e. The first-order chi connectivity index (χ1) is 8.75. The van der Waals surface area contributed by atoms with Crippen LogP contribution in [0.2, 0.25) is 0 Å². The van der Waals surface area contributed by atoms with Crippen molar-refractivity contribution in [2.45, 2.75) is 17.4 Å². The van der Waals surface area contributed by atoms with Crippen molar-refractivity contribution < 1.29 is 9.90 Å². The molecular formula is C15H14O2S. The van der Waals surface area contributed by atoms with Crippen molar-refractivity contribution in [2.75, 3.05) is 0 Å². The first kappa shape index (κ1) is 12.9. The van der Waals surface area contributed by atoms with Crippen molar-refractivity contribution >= 4 is 16.9 Å². The lowest BCUT2D eigenvalue weighted by Gasteiger charge is -2.09. The van der Waals surface area contributed by atoms with Crippen LogP contribution in [0.4, 0.5) is 0 Å². The number of carbonyl (C=O) groups is 1. The fourth-order valence-corrected chi connectivity index (χ4v) is 2.41. The Morgan fingerprint density at radius 3 is 2.17 bits per heavy atom. The van der Waals surface area contributed by atoms with Crippen LogP contribution in [-0.4, -0.2) is 10.2 Å². The van der Waals surface area contributed by atoms with Gasteiger partial charge in [0.25, 0.3) is 0 Å². The third-order valence-corrected chi connectivity index (χ3v) is 3.42. The van der Waals surface area contributed by atoms with Gasteiger partial charge in [0.15, 0.2) is 5.12 Å². The molecule has 0 saturated carbocycles. The first-order valence-electron chi connectivity index (χ1n) is 5.74. The van der Waals surface area contributed by atoms with Crippen molar-refractivity contribution in [3.63, 3.8) is 0 Å². The number of carbonyl (C=O) groups excluding carboxylic acids is 1. The molecule has 0 aliphatic rings. The molecule has 0 amide bonds. The van der Waals surface area contributed by atoms with Crippen LogP contribution in [0.25, 0.3) is 0 Å². The molecule has 92 valence electrons. The number of thioether (sulfide) groups is 1. The second-order valence-corrected chi connectivity index (χ2v) is 5.05. The summed E-state index contributed by atoms with van der Waals surface area (Å²) in [4.78, 5) is 12.7. The van der Waals surface area contributed by atoms with Crippen LogP contribution in [0.15, 0.2) is 65.6 Å². The van der Waals surface area contributed by atoms with Crippen molar-refractivity contribution in [3.05, 3.63) is 66.2 Å². The Hall–Kier alpha value is -1.58. The number of hydrogen-bond acceptors (Lipinski definition) is 3. The molecular weight excluding hydrogens is 244 g/mol. The van der Waals surface area contributed by atoms with Crippen molar-refractivity contribution in [3.8, 4) is 0 Å². The van der Waals surface area contributed by atoms with E-state index in [4.69, 9.17) is 0 Å².